The summed E-state index contributed by atoms with van der Waals surface area (Å²) in [6.45, 7) is 0.551. The molecule has 4 bridgehead atoms. The second-order valence-electron chi connectivity index (χ2n) is 7.63. The fraction of sp³-hybridized carbons (Fsp3) is 0.611. The van der Waals surface area contributed by atoms with Crippen molar-refractivity contribution in [2.24, 2.45) is 17.8 Å². The smallest absolute Gasteiger partial charge is 0.315 e. The van der Waals surface area contributed by atoms with E-state index in [1.54, 1.807) is 0 Å². The first-order valence-corrected chi connectivity index (χ1v) is 8.78. The molecule has 4 fully saturated rings. The fourth-order valence-electron chi connectivity index (χ4n) is 5.33. The number of halogens is 1. The summed E-state index contributed by atoms with van der Waals surface area (Å²) in [5, 5.41) is 7.05. The van der Waals surface area contributed by atoms with Gasteiger partial charge in [0.25, 0.3) is 0 Å². The minimum absolute atomic E-state index is 0.0168. The highest BCUT2D eigenvalue weighted by atomic mass is 35.5. The third-order valence-electron chi connectivity index (χ3n) is 5.78. The van der Waals surface area contributed by atoms with Crippen molar-refractivity contribution in [2.75, 3.05) is 0 Å². The van der Waals surface area contributed by atoms with Gasteiger partial charge in [-0.05, 0) is 74.0 Å². The standard InChI is InChI=1S/C18H23ClN2O/c19-16-3-1-12(2-4-16)11-20-17(22)21-18-8-13-5-14(9-18)7-15(6-13)10-18/h1-4,13-15H,5-11H2,(H2,20,21,22). The molecule has 3 nitrogen and oxygen atoms in total. The zero-order chi connectivity index (χ0) is 15.2. The van der Waals surface area contributed by atoms with Crippen LogP contribution in [0.1, 0.15) is 44.1 Å². The Morgan fingerprint density at radius 3 is 2.14 bits per heavy atom. The molecule has 4 heteroatoms. The lowest BCUT2D eigenvalue weighted by Gasteiger charge is -2.56. The molecule has 0 aromatic heterocycles. The summed E-state index contributed by atoms with van der Waals surface area (Å²) in [4.78, 5) is 12.3. The van der Waals surface area contributed by atoms with Crippen LogP contribution in [0.25, 0.3) is 0 Å². The van der Waals surface area contributed by atoms with E-state index in [0.717, 1.165) is 28.3 Å². The number of carbonyl (C=O) groups is 1. The van der Waals surface area contributed by atoms with Crippen molar-refractivity contribution in [1.82, 2.24) is 10.6 Å². The Bertz CT molecular complexity index is 534. The molecule has 0 saturated heterocycles. The summed E-state index contributed by atoms with van der Waals surface area (Å²) in [7, 11) is 0. The molecular formula is C18H23ClN2O. The molecule has 22 heavy (non-hydrogen) atoms. The topological polar surface area (TPSA) is 41.1 Å². The lowest BCUT2D eigenvalue weighted by molar-refractivity contribution is -0.0135. The van der Waals surface area contributed by atoms with Gasteiger partial charge in [0.15, 0.2) is 0 Å². The lowest BCUT2D eigenvalue weighted by atomic mass is 9.53. The van der Waals surface area contributed by atoms with Crippen LogP contribution in [0.15, 0.2) is 24.3 Å². The first kappa shape index (κ1) is 14.4. The molecule has 0 spiro atoms. The molecule has 4 aliphatic rings. The van der Waals surface area contributed by atoms with E-state index < -0.39 is 0 Å². The van der Waals surface area contributed by atoms with Crippen molar-refractivity contribution < 1.29 is 4.79 Å². The molecule has 0 atom stereocenters. The van der Waals surface area contributed by atoms with Crippen LogP contribution in [0.4, 0.5) is 4.79 Å². The minimum Gasteiger partial charge on any atom is -0.334 e. The van der Waals surface area contributed by atoms with Gasteiger partial charge in [0.1, 0.15) is 0 Å². The number of amides is 2. The van der Waals surface area contributed by atoms with E-state index in [9.17, 15) is 4.79 Å². The summed E-state index contributed by atoms with van der Waals surface area (Å²) in [6, 6.07) is 7.60. The molecule has 2 N–H and O–H groups in total. The summed E-state index contributed by atoms with van der Waals surface area (Å²) in [5.41, 5.74) is 1.16. The van der Waals surface area contributed by atoms with Crippen LogP contribution >= 0.6 is 11.6 Å². The molecule has 0 aliphatic heterocycles. The van der Waals surface area contributed by atoms with Crippen LogP contribution in [-0.4, -0.2) is 11.6 Å². The lowest BCUT2D eigenvalue weighted by Crippen LogP contribution is -2.61. The quantitative estimate of drug-likeness (QED) is 0.865. The van der Waals surface area contributed by atoms with E-state index in [0.29, 0.717) is 6.54 Å². The number of carbonyl (C=O) groups excluding carboxylic acids is 1. The van der Waals surface area contributed by atoms with Crippen molar-refractivity contribution in [3.8, 4) is 0 Å². The van der Waals surface area contributed by atoms with Gasteiger partial charge >= 0.3 is 6.03 Å². The van der Waals surface area contributed by atoms with E-state index in [2.05, 4.69) is 10.6 Å². The summed E-state index contributed by atoms with van der Waals surface area (Å²) < 4.78 is 0. The average molecular weight is 319 g/mol. The van der Waals surface area contributed by atoms with Crippen molar-refractivity contribution in [1.29, 1.82) is 0 Å². The maximum Gasteiger partial charge on any atom is 0.315 e. The van der Waals surface area contributed by atoms with E-state index in [1.165, 1.54) is 38.5 Å². The molecule has 1 aromatic rings. The number of nitrogens with one attached hydrogen (secondary N) is 2. The largest absolute Gasteiger partial charge is 0.334 e. The zero-order valence-electron chi connectivity index (χ0n) is 12.8. The molecule has 0 unspecified atom stereocenters. The highest BCUT2D eigenvalue weighted by Gasteiger charge is 2.51. The van der Waals surface area contributed by atoms with Crippen LogP contribution in [0.3, 0.4) is 0 Å². The molecule has 1 aromatic carbocycles. The van der Waals surface area contributed by atoms with Gasteiger partial charge in [0.05, 0.1) is 0 Å². The predicted octanol–water partition coefficient (Wildman–Crippen LogP) is 4.11. The Hall–Kier alpha value is -1.22. The normalized spacial score (nSPS) is 35.4. The molecule has 2 amide bonds. The van der Waals surface area contributed by atoms with Crippen molar-refractivity contribution >= 4 is 17.6 Å². The highest BCUT2D eigenvalue weighted by molar-refractivity contribution is 6.30. The van der Waals surface area contributed by atoms with Gasteiger partial charge in [0, 0.05) is 17.1 Å². The maximum absolute atomic E-state index is 12.3. The predicted molar refractivity (Wildman–Crippen MR) is 87.7 cm³/mol. The van der Waals surface area contributed by atoms with Crippen molar-refractivity contribution in [3.05, 3.63) is 34.9 Å². The van der Waals surface area contributed by atoms with E-state index in [4.69, 9.17) is 11.6 Å². The molecule has 0 radical (unpaired) electrons. The number of benzene rings is 1. The Labute approximate surface area is 136 Å². The van der Waals surface area contributed by atoms with Crippen molar-refractivity contribution in [3.63, 3.8) is 0 Å². The Morgan fingerprint density at radius 1 is 1.05 bits per heavy atom. The molecule has 118 valence electrons. The summed E-state index contributed by atoms with van der Waals surface area (Å²) in [6.07, 6.45) is 7.75. The van der Waals surface area contributed by atoms with Gasteiger partial charge < -0.3 is 10.6 Å². The average Bonchev–Trinajstić information content (AvgIpc) is 2.44. The number of hydrogen-bond acceptors (Lipinski definition) is 1. The van der Waals surface area contributed by atoms with Crippen LogP contribution in [0.5, 0.6) is 0 Å². The second-order valence-corrected chi connectivity index (χ2v) is 8.07. The molecule has 0 heterocycles. The molecular weight excluding hydrogens is 296 g/mol. The van der Waals surface area contributed by atoms with Crippen LogP contribution < -0.4 is 10.6 Å². The van der Waals surface area contributed by atoms with Crippen molar-refractivity contribution in [2.45, 2.75) is 50.6 Å². The Morgan fingerprint density at radius 2 is 1.59 bits per heavy atom. The zero-order valence-corrected chi connectivity index (χ0v) is 13.5. The fourth-order valence-corrected chi connectivity index (χ4v) is 5.46. The molecule has 4 aliphatic carbocycles. The van der Waals surface area contributed by atoms with Crippen LogP contribution in [-0.2, 0) is 6.54 Å². The third kappa shape index (κ3) is 2.83. The molecule has 5 rings (SSSR count). The van der Waals surface area contributed by atoms with E-state index in [-0.39, 0.29) is 11.6 Å². The maximum atomic E-state index is 12.3. The summed E-state index contributed by atoms with van der Waals surface area (Å²) >= 11 is 5.88. The van der Waals surface area contributed by atoms with Crippen LogP contribution in [0.2, 0.25) is 5.02 Å². The van der Waals surface area contributed by atoms with Gasteiger partial charge in [-0.15, -0.1) is 0 Å². The first-order chi connectivity index (χ1) is 10.6. The summed E-state index contributed by atoms with van der Waals surface area (Å²) in [5.74, 6) is 2.55. The van der Waals surface area contributed by atoms with Gasteiger partial charge in [0.2, 0.25) is 0 Å². The van der Waals surface area contributed by atoms with E-state index >= 15 is 0 Å². The Kier molecular flexibility index (Phi) is 3.56. The number of hydrogen-bond donors (Lipinski definition) is 2. The monoisotopic (exact) mass is 318 g/mol. The molecule has 4 saturated carbocycles. The van der Waals surface area contributed by atoms with Gasteiger partial charge in [-0.2, -0.15) is 0 Å². The first-order valence-electron chi connectivity index (χ1n) is 8.41. The van der Waals surface area contributed by atoms with E-state index in [1.807, 2.05) is 24.3 Å². The van der Waals surface area contributed by atoms with Gasteiger partial charge in [-0.1, -0.05) is 23.7 Å². The number of urea groups is 1. The second kappa shape index (κ2) is 5.45. The highest BCUT2D eigenvalue weighted by Crippen LogP contribution is 2.55. The SMILES string of the molecule is O=C(NCc1ccc(Cl)cc1)NC12CC3CC(CC(C3)C1)C2. The Balaban J connectivity index is 1.35. The third-order valence-corrected chi connectivity index (χ3v) is 6.04. The van der Waals surface area contributed by atoms with Gasteiger partial charge in [-0.3, -0.25) is 0 Å². The van der Waals surface area contributed by atoms with Crippen LogP contribution in [0, 0.1) is 17.8 Å². The minimum atomic E-state index is -0.0168. The van der Waals surface area contributed by atoms with Gasteiger partial charge in [-0.25, -0.2) is 4.79 Å². The number of rotatable bonds is 3.